The number of aromatic nitrogens is 3. The van der Waals surface area contributed by atoms with Gasteiger partial charge in [0.2, 0.25) is 5.95 Å². The summed E-state index contributed by atoms with van der Waals surface area (Å²) in [5, 5.41) is 6.81. The van der Waals surface area contributed by atoms with E-state index in [0.717, 1.165) is 49.2 Å². The largest absolute Gasteiger partial charge is 0.488 e. The van der Waals surface area contributed by atoms with Crippen LogP contribution in [0.15, 0.2) is 18.3 Å². The molecule has 1 saturated carbocycles. The minimum absolute atomic E-state index is 0.490. The van der Waals surface area contributed by atoms with E-state index in [1.165, 1.54) is 32.1 Å². The van der Waals surface area contributed by atoms with E-state index in [9.17, 15) is 0 Å². The molecule has 2 N–H and O–H groups in total. The van der Waals surface area contributed by atoms with Crippen LogP contribution in [0.3, 0.4) is 0 Å². The van der Waals surface area contributed by atoms with Gasteiger partial charge in [-0.05, 0) is 52.5 Å². The molecule has 8 nitrogen and oxygen atoms in total. The van der Waals surface area contributed by atoms with Gasteiger partial charge in [-0.1, -0.05) is 19.3 Å². The molecule has 2 aromatic heterocycles. The van der Waals surface area contributed by atoms with Gasteiger partial charge in [-0.2, -0.15) is 4.98 Å². The summed E-state index contributed by atoms with van der Waals surface area (Å²) < 4.78 is 11.6. The molecule has 0 radical (unpaired) electrons. The molecule has 0 aromatic carbocycles. The Balaban J connectivity index is 1.38. The van der Waals surface area contributed by atoms with Crippen molar-refractivity contribution >= 4 is 17.5 Å². The van der Waals surface area contributed by atoms with Gasteiger partial charge in [0.1, 0.15) is 5.82 Å². The molecular formula is C26H40N6O2. The Bertz CT molecular complexity index is 932. The fraction of sp³-hybridized carbons (Fsp3) is 0.654. The smallest absolute Gasteiger partial charge is 0.256 e. The highest BCUT2D eigenvalue weighted by Gasteiger charge is 2.25. The van der Waals surface area contributed by atoms with Crippen LogP contribution in [-0.4, -0.2) is 59.2 Å². The first kappa shape index (κ1) is 24.5. The SMILES string of the molecule is COc1ncc(Nc2nc(C)cc(NCC3CCCCC3)n2)cc1OC[C@@H]1CCN(C(C)C)C1. The molecule has 0 amide bonds. The van der Waals surface area contributed by atoms with Crippen LogP contribution in [0, 0.1) is 18.8 Å². The molecular weight excluding hydrogens is 428 g/mol. The second-order valence-corrected chi connectivity index (χ2v) is 10.0. The van der Waals surface area contributed by atoms with Gasteiger partial charge >= 0.3 is 0 Å². The van der Waals surface area contributed by atoms with E-state index in [-0.39, 0.29) is 0 Å². The van der Waals surface area contributed by atoms with Crippen LogP contribution in [0.2, 0.25) is 0 Å². The molecule has 8 heteroatoms. The standard InChI is InChI=1S/C26H40N6O2/c1-18(2)32-11-10-21(16-32)17-34-23-13-22(15-28-25(23)33-4)30-26-29-19(3)12-24(31-26)27-14-20-8-6-5-7-9-20/h12-13,15,18,20-21H,5-11,14,16-17H2,1-4H3,(H2,27,29,30,31)/t21-/m1/s1. The zero-order valence-corrected chi connectivity index (χ0v) is 21.1. The normalized spacial score (nSPS) is 19.4. The summed E-state index contributed by atoms with van der Waals surface area (Å²) in [6.45, 7) is 10.3. The Morgan fingerprint density at radius 1 is 1.09 bits per heavy atom. The van der Waals surface area contributed by atoms with Crippen molar-refractivity contribution in [1.29, 1.82) is 0 Å². The molecule has 186 valence electrons. The molecule has 1 atom stereocenters. The lowest BCUT2D eigenvalue weighted by Crippen LogP contribution is -2.29. The third-order valence-electron chi connectivity index (χ3n) is 6.94. The average Bonchev–Trinajstić information content (AvgIpc) is 3.31. The van der Waals surface area contributed by atoms with Gasteiger partial charge in [0.25, 0.3) is 5.88 Å². The predicted molar refractivity (Wildman–Crippen MR) is 136 cm³/mol. The molecule has 0 bridgehead atoms. The van der Waals surface area contributed by atoms with Crippen LogP contribution in [0.4, 0.5) is 17.5 Å². The van der Waals surface area contributed by atoms with Crippen molar-refractivity contribution in [3.8, 4) is 11.6 Å². The lowest BCUT2D eigenvalue weighted by molar-refractivity contribution is 0.216. The highest BCUT2D eigenvalue weighted by Crippen LogP contribution is 2.30. The Kier molecular flexibility index (Phi) is 8.43. The number of methoxy groups -OCH3 is 1. The summed E-state index contributed by atoms with van der Waals surface area (Å²) in [5.74, 6) is 3.78. The van der Waals surface area contributed by atoms with Gasteiger partial charge in [0, 0.05) is 42.9 Å². The van der Waals surface area contributed by atoms with Crippen molar-refractivity contribution in [2.45, 2.75) is 65.3 Å². The zero-order valence-electron chi connectivity index (χ0n) is 21.1. The number of hydrogen-bond donors (Lipinski definition) is 2. The molecule has 0 unspecified atom stereocenters. The van der Waals surface area contributed by atoms with E-state index < -0.39 is 0 Å². The monoisotopic (exact) mass is 468 g/mol. The van der Waals surface area contributed by atoms with E-state index in [1.807, 2.05) is 19.1 Å². The molecule has 1 aliphatic carbocycles. The van der Waals surface area contributed by atoms with Crippen molar-refractivity contribution in [1.82, 2.24) is 19.9 Å². The maximum atomic E-state index is 6.16. The van der Waals surface area contributed by atoms with E-state index in [2.05, 4.69) is 44.3 Å². The third kappa shape index (κ3) is 6.72. The van der Waals surface area contributed by atoms with Crippen molar-refractivity contribution in [2.75, 3.05) is 44.0 Å². The Hall–Kier alpha value is -2.61. The first-order chi connectivity index (χ1) is 16.5. The van der Waals surface area contributed by atoms with Crippen LogP contribution in [0.1, 0.15) is 58.1 Å². The first-order valence-electron chi connectivity index (χ1n) is 12.8. The molecule has 1 saturated heterocycles. The lowest BCUT2D eigenvalue weighted by atomic mass is 9.89. The van der Waals surface area contributed by atoms with Gasteiger partial charge in [-0.3, -0.25) is 0 Å². The van der Waals surface area contributed by atoms with Gasteiger partial charge < -0.3 is 25.0 Å². The number of pyridine rings is 1. The minimum Gasteiger partial charge on any atom is -0.488 e. The summed E-state index contributed by atoms with van der Waals surface area (Å²) in [6, 6.07) is 4.49. The molecule has 1 aliphatic heterocycles. The van der Waals surface area contributed by atoms with Gasteiger partial charge in [0.15, 0.2) is 5.75 Å². The van der Waals surface area contributed by atoms with Crippen molar-refractivity contribution < 1.29 is 9.47 Å². The van der Waals surface area contributed by atoms with Crippen molar-refractivity contribution in [3.63, 3.8) is 0 Å². The molecule has 3 heterocycles. The zero-order chi connectivity index (χ0) is 23.9. The Morgan fingerprint density at radius 2 is 1.91 bits per heavy atom. The van der Waals surface area contributed by atoms with Crippen LogP contribution in [0.25, 0.3) is 0 Å². The van der Waals surface area contributed by atoms with Crippen molar-refractivity contribution in [3.05, 3.63) is 24.0 Å². The molecule has 0 spiro atoms. The van der Waals surface area contributed by atoms with Crippen molar-refractivity contribution in [2.24, 2.45) is 11.8 Å². The second-order valence-electron chi connectivity index (χ2n) is 10.0. The lowest BCUT2D eigenvalue weighted by Gasteiger charge is -2.22. The number of rotatable bonds is 10. The quantitative estimate of drug-likeness (QED) is 0.502. The number of likely N-dealkylation sites (tertiary alicyclic amines) is 1. The fourth-order valence-corrected chi connectivity index (χ4v) is 4.92. The van der Waals surface area contributed by atoms with E-state index in [1.54, 1.807) is 13.3 Å². The van der Waals surface area contributed by atoms with Gasteiger partial charge in [-0.15, -0.1) is 0 Å². The van der Waals surface area contributed by atoms with Crippen LogP contribution < -0.4 is 20.1 Å². The summed E-state index contributed by atoms with van der Waals surface area (Å²) >= 11 is 0. The van der Waals surface area contributed by atoms with Gasteiger partial charge in [-0.25, -0.2) is 9.97 Å². The number of nitrogens with zero attached hydrogens (tertiary/aromatic N) is 4. The maximum Gasteiger partial charge on any atom is 0.256 e. The van der Waals surface area contributed by atoms with E-state index >= 15 is 0 Å². The first-order valence-corrected chi connectivity index (χ1v) is 12.8. The summed E-state index contributed by atoms with van der Waals surface area (Å²) in [4.78, 5) is 16.2. The molecule has 2 fully saturated rings. The highest BCUT2D eigenvalue weighted by atomic mass is 16.5. The summed E-state index contributed by atoms with van der Waals surface area (Å²) in [5.41, 5.74) is 1.69. The Morgan fingerprint density at radius 3 is 2.65 bits per heavy atom. The highest BCUT2D eigenvalue weighted by molar-refractivity contribution is 5.58. The molecule has 2 aliphatic rings. The number of hydrogen-bond acceptors (Lipinski definition) is 8. The Labute approximate surface area is 203 Å². The van der Waals surface area contributed by atoms with Crippen LogP contribution in [0.5, 0.6) is 11.6 Å². The summed E-state index contributed by atoms with van der Waals surface area (Å²) in [7, 11) is 1.62. The number of aryl methyl sites for hydroxylation is 1. The second kappa shape index (κ2) is 11.7. The van der Waals surface area contributed by atoms with E-state index in [0.29, 0.717) is 36.1 Å². The minimum atomic E-state index is 0.490. The number of anilines is 3. The van der Waals surface area contributed by atoms with E-state index in [4.69, 9.17) is 9.47 Å². The van der Waals surface area contributed by atoms with Crippen LogP contribution >= 0.6 is 0 Å². The molecule has 34 heavy (non-hydrogen) atoms. The topological polar surface area (TPSA) is 84.4 Å². The number of nitrogens with one attached hydrogen (secondary N) is 2. The molecule has 2 aromatic rings. The summed E-state index contributed by atoms with van der Waals surface area (Å²) in [6.07, 6.45) is 9.54. The third-order valence-corrected chi connectivity index (χ3v) is 6.94. The van der Waals surface area contributed by atoms with Crippen LogP contribution in [-0.2, 0) is 0 Å². The fourth-order valence-electron chi connectivity index (χ4n) is 4.92. The van der Waals surface area contributed by atoms with Gasteiger partial charge in [0.05, 0.1) is 25.6 Å². The average molecular weight is 469 g/mol. The number of ether oxygens (including phenoxy) is 2. The molecule has 4 rings (SSSR count). The maximum absolute atomic E-state index is 6.16. The predicted octanol–water partition coefficient (Wildman–Crippen LogP) is 5.03.